The number of piperidine rings is 1. The molecule has 1 aliphatic rings. The number of hydrogen-bond acceptors (Lipinski definition) is 3. The SMILES string of the molecule is CC(N)C1CCN(CC(O)C(F)(F)F)CC1. The molecule has 2 atom stereocenters. The summed E-state index contributed by atoms with van der Waals surface area (Å²) in [6.45, 7) is 2.76. The monoisotopic (exact) mass is 240 g/mol. The molecule has 16 heavy (non-hydrogen) atoms. The first kappa shape index (κ1) is 13.7. The maximum Gasteiger partial charge on any atom is 0.415 e. The number of nitrogens with zero attached hydrogens (tertiary/aromatic N) is 1. The van der Waals surface area contributed by atoms with Gasteiger partial charge in [-0.1, -0.05) is 0 Å². The lowest BCUT2D eigenvalue weighted by Crippen LogP contribution is -2.46. The smallest absolute Gasteiger partial charge is 0.382 e. The Morgan fingerprint density at radius 1 is 1.38 bits per heavy atom. The summed E-state index contributed by atoms with van der Waals surface area (Å²) in [6.07, 6.45) is -5.14. The summed E-state index contributed by atoms with van der Waals surface area (Å²) in [5.74, 6) is 0.388. The molecule has 0 aromatic rings. The summed E-state index contributed by atoms with van der Waals surface area (Å²) in [6, 6.07) is 0.0923. The van der Waals surface area contributed by atoms with Crippen molar-refractivity contribution in [3.05, 3.63) is 0 Å². The van der Waals surface area contributed by atoms with Crippen molar-refractivity contribution in [1.29, 1.82) is 0 Å². The minimum atomic E-state index is -4.52. The van der Waals surface area contributed by atoms with Crippen LogP contribution in [0.3, 0.4) is 0 Å². The summed E-state index contributed by atoms with van der Waals surface area (Å²) in [5, 5.41) is 8.92. The van der Waals surface area contributed by atoms with Gasteiger partial charge in [-0.15, -0.1) is 0 Å². The molecule has 0 aliphatic carbocycles. The molecular formula is C10H19F3N2O. The van der Waals surface area contributed by atoms with E-state index >= 15 is 0 Å². The number of aliphatic hydroxyl groups is 1. The predicted molar refractivity (Wildman–Crippen MR) is 54.9 cm³/mol. The highest BCUT2D eigenvalue weighted by molar-refractivity contribution is 4.80. The minimum absolute atomic E-state index is 0.0923. The van der Waals surface area contributed by atoms with E-state index in [-0.39, 0.29) is 12.6 Å². The Bertz CT molecular complexity index is 213. The quantitative estimate of drug-likeness (QED) is 0.772. The zero-order valence-corrected chi connectivity index (χ0v) is 9.37. The Labute approximate surface area is 93.4 Å². The Hall–Kier alpha value is -0.330. The number of nitrogens with two attached hydrogens (primary N) is 1. The standard InChI is InChI=1S/C10H19F3N2O/c1-7(14)8-2-4-15(5-3-8)6-9(16)10(11,12)13/h7-9,16H,2-6,14H2,1H3. The van der Waals surface area contributed by atoms with E-state index in [1.54, 1.807) is 4.90 Å². The molecule has 6 heteroatoms. The van der Waals surface area contributed by atoms with Gasteiger partial charge >= 0.3 is 6.18 Å². The zero-order valence-electron chi connectivity index (χ0n) is 9.37. The number of rotatable bonds is 3. The second kappa shape index (κ2) is 5.33. The lowest BCUT2D eigenvalue weighted by atomic mass is 9.91. The third-order valence-electron chi connectivity index (χ3n) is 3.18. The number of β-amino-alcohol motifs (C(OH)–C–C–N with tert-alkyl or cyclic N) is 1. The molecule has 0 saturated carbocycles. The van der Waals surface area contributed by atoms with Crippen molar-refractivity contribution < 1.29 is 18.3 Å². The van der Waals surface area contributed by atoms with Crippen LogP contribution in [0.1, 0.15) is 19.8 Å². The summed E-state index contributed by atoms with van der Waals surface area (Å²) in [4.78, 5) is 1.65. The molecule has 1 rings (SSSR count). The van der Waals surface area contributed by atoms with E-state index in [1.807, 2.05) is 6.92 Å². The number of hydrogen-bond donors (Lipinski definition) is 2. The van der Waals surface area contributed by atoms with Gasteiger partial charge in [0.2, 0.25) is 0 Å². The normalized spacial score (nSPS) is 24.4. The van der Waals surface area contributed by atoms with Gasteiger partial charge < -0.3 is 15.7 Å². The third-order valence-corrected chi connectivity index (χ3v) is 3.18. The molecule has 1 heterocycles. The summed E-state index contributed by atoms with van der Waals surface area (Å²) < 4.78 is 36.3. The van der Waals surface area contributed by atoms with E-state index in [0.29, 0.717) is 19.0 Å². The van der Waals surface area contributed by atoms with Crippen molar-refractivity contribution >= 4 is 0 Å². The van der Waals surface area contributed by atoms with Crippen LogP contribution in [0.15, 0.2) is 0 Å². The summed E-state index contributed by atoms with van der Waals surface area (Å²) >= 11 is 0. The first-order chi connectivity index (χ1) is 7.30. The average molecular weight is 240 g/mol. The Balaban J connectivity index is 2.32. The molecule has 0 aromatic heterocycles. The second-order valence-corrected chi connectivity index (χ2v) is 4.55. The van der Waals surface area contributed by atoms with Crippen LogP contribution in [0, 0.1) is 5.92 Å². The summed E-state index contributed by atoms with van der Waals surface area (Å²) in [7, 11) is 0. The zero-order chi connectivity index (χ0) is 12.3. The predicted octanol–water partition coefficient (Wildman–Crippen LogP) is 0.969. The highest BCUT2D eigenvalue weighted by Gasteiger charge is 2.39. The van der Waals surface area contributed by atoms with E-state index in [2.05, 4.69) is 0 Å². The third kappa shape index (κ3) is 3.92. The lowest BCUT2D eigenvalue weighted by Gasteiger charge is -2.34. The van der Waals surface area contributed by atoms with E-state index in [4.69, 9.17) is 10.8 Å². The fourth-order valence-corrected chi connectivity index (χ4v) is 2.01. The van der Waals surface area contributed by atoms with Crippen LogP contribution in [0.25, 0.3) is 0 Å². The van der Waals surface area contributed by atoms with Gasteiger partial charge in [-0.3, -0.25) is 0 Å². The first-order valence-electron chi connectivity index (χ1n) is 5.53. The van der Waals surface area contributed by atoms with E-state index in [9.17, 15) is 13.2 Å². The maximum atomic E-state index is 12.1. The van der Waals surface area contributed by atoms with Crippen molar-refractivity contribution in [2.24, 2.45) is 11.7 Å². The topological polar surface area (TPSA) is 49.5 Å². The molecule has 0 amide bonds. The molecule has 0 radical (unpaired) electrons. The fourth-order valence-electron chi connectivity index (χ4n) is 2.01. The van der Waals surface area contributed by atoms with Crippen molar-refractivity contribution in [2.45, 2.75) is 38.1 Å². The van der Waals surface area contributed by atoms with Crippen LogP contribution in [0.5, 0.6) is 0 Å². The largest absolute Gasteiger partial charge is 0.415 e. The van der Waals surface area contributed by atoms with Gasteiger partial charge in [0.15, 0.2) is 6.10 Å². The van der Waals surface area contributed by atoms with Crippen LogP contribution in [0.4, 0.5) is 13.2 Å². The Kier molecular flexibility index (Phi) is 4.58. The van der Waals surface area contributed by atoms with Crippen molar-refractivity contribution in [3.8, 4) is 0 Å². The first-order valence-corrected chi connectivity index (χ1v) is 5.53. The fraction of sp³-hybridized carbons (Fsp3) is 1.00. The molecule has 0 spiro atoms. The number of likely N-dealkylation sites (tertiary alicyclic amines) is 1. The van der Waals surface area contributed by atoms with Crippen LogP contribution in [-0.4, -0.2) is 48.0 Å². The number of alkyl halides is 3. The highest BCUT2D eigenvalue weighted by atomic mass is 19.4. The minimum Gasteiger partial charge on any atom is -0.382 e. The molecular weight excluding hydrogens is 221 g/mol. The van der Waals surface area contributed by atoms with Gasteiger partial charge in [0, 0.05) is 12.6 Å². The van der Waals surface area contributed by atoms with Crippen LogP contribution >= 0.6 is 0 Å². The molecule has 3 nitrogen and oxygen atoms in total. The second-order valence-electron chi connectivity index (χ2n) is 4.55. The van der Waals surface area contributed by atoms with Gasteiger partial charge in [0.1, 0.15) is 0 Å². The highest BCUT2D eigenvalue weighted by Crippen LogP contribution is 2.24. The van der Waals surface area contributed by atoms with Gasteiger partial charge in [0.25, 0.3) is 0 Å². The molecule has 0 aromatic carbocycles. The van der Waals surface area contributed by atoms with E-state index < -0.39 is 12.3 Å². The molecule has 0 bridgehead atoms. The molecule has 1 saturated heterocycles. The lowest BCUT2D eigenvalue weighted by molar-refractivity contribution is -0.208. The number of halogens is 3. The van der Waals surface area contributed by atoms with Crippen LogP contribution < -0.4 is 5.73 Å². The van der Waals surface area contributed by atoms with E-state index in [0.717, 1.165) is 12.8 Å². The Morgan fingerprint density at radius 3 is 2.25 bits per heavy atom. The molecule has 1 fully saturated rings. The van der Waals surface area contributed by atoms with Crippen LogP contribution in [-0.2, 0) is 0 Å². The molecule has 96 valence electrons. The van der Waals surface area contributed by atoms with Gasteiger partial charge in [0.05, 0.1) is 0 Å². The molecule has 1 aliphatic heterocycles. The van der Waals surface area contributed by atoms with E-state index in [1.165, 1.54) is 0 Å². The van der Waals surface area contributed by atoms with Crippen molar-refractivity contribution in [2.75, 3.05) is 19.6 Å². The van der Waals surface area contributed by atoms with Gasteiger partial charge in [-0.25, -0.2) is 0 Å². The molecule has 2 unspecified atom stereocenters. The summed E-state index contributed by atoms with van der Waals surface area (Å²) in [5.41, 5.74) is 5.74. The van der Waals surface area contributed by atoms with Crippen molar-refractivity contribution in [3.63, 3.8) is 0 Å². The maximum absolute atomic E-state index is 12.1. The Morgan fingerprint density at radius 2 is 1.88 bits per heavy atom. The average Bonchev–Trinajstić information content (AvgIpc) is 2.17. The van der Waals surface area contributed by atoms with Gasteiger partial charge in [-0.05, 0) is 38.8 Å². The van der Waals surface area contributed by atoms with Crippen LogP contribution in [0.2, 0.25) is 0 Å². The van der Waals surface area contributed by atoms with Gasteiger partial charge in [-0.2, -0.15) is 13.2 Å². The number of aliphatic hydroxyl groups excluding tert-OH is 1. The van der Waals surface area contributed by atoms with Crippen molar-refractivity contribution in [1.82, 2.24) is 4.90 Å². The molecule has 3 N–H and O–H groups in total.